The maximum Gasteiger partial charge on any atom is 0.212 e. The van der Waals surface area contributed by atoms with Gasteiger partial charge in [-0.2, -0.15) is 4.39 Å². The second kappa shape index (κ2) is 4.06. The summed E-state index contributed by atoms with van der Waals surface area (Å²) in [5, 5.41) is 0. The lowest BCUT2D eigenvalue weighted by Gasteiger charge is -2.05. The molecule has 0 aliphatic heterocycles. The van der Waals surface area contributed by atoms with Gasteiger partial charge in [-0.25, -0.2) is 9.37 Å². The molecule has 0 amide bonds. The molecule has 0 saturated carbocycles. The van der Waals surface area contributed by atoms with Crippen LogP contribution in [0.15, 0.2) is 41.0 Å². The SMILES string of the molecule is Fc1ccc(-c2c(F)cccc2Br)cn1. The molecule has 2 rings (SSSR count). The second-order valence-corrected chi connectivity index (χ2v) is 3.82. The molecule has 76 valence electrons. The Kier molecular flexibility index (Phi) is 2.77. The maximum atomic E-state index is 13.5. The van der Waals surface area contributed by atoms with E-state index in [9.17, 15) is 8.78 Å². The number of pyridine rings is 1. The Morgan fingerprint density at radius 2 is 1.87 bits per heavy atom. The van der Waals surface area contributed by atoms with Crippen LogP contribution in [0.2, 0.25) is 0 Å². The van der Waals surface area contributed by atoms with Crippen LogP contribution in [-0.2, 0) is 0 Å². The summed E-state index contributed by atoms with van der Waals surface area (Å²) in [5.41, 5.74) is 0.936. The Morgan fingerprint density at radius 3 is 2.47 bits per heavy atom. The summed E-state index contributed by atoms with van der Waals surface area (Å²) >= 11 is 3.24. The zero-order valence-electron chi connectivity index (χ0n) is 7.55. The Morgan fingerprint density at radius 1 is 1.07 bits per heavy atom. The highest BCUT2D eigenvalue weighted by molar-refractivity contribution is 9.10. The summed E-state index contributed by atoms with van der Waals surface area (Å²) in [4.78, 5) is 3.48. The summed E-state index contributed by atoms with van der Waals surface area (Å²) in [6.07, 6.45) is 1.30. The van der Waals surface area contributed by atoms with Crippen molar-refractivity contribution in [2.24, 2.45) is 0 Å². The highest BCUT2D eigenvalue weighted by Crippen LogP contribution is 2.30. The van der Waals surface area contributed by atoms with Crippen LogP contribution in [0.25, 0.3) is 11.1 Å². The van der Waals surface area contributed by atoms with Crippen molar-refractivity contribution in [3.8, 4) is 11.1 Å². The first kappa shape index (κ1) is 10.2. The molecular weight excluding hydrogens is 264 g/mol. The Hall–Kier alpha value is -1.29. The number of aromatic nitrogens is 1. The lowest BCUT2D eigenvalue weighted by atomic mass is 10.1. The van der Waals surface area contributed by atoms with Crippen molar-refractivity contribution in [3.63, 3.8) is 0 Å². The Bertz CT molecular complexity index is 462. The van der Waals surface area contributed by atoms with Gasteiger partial charge in [0.05, 0.1) is 0 Å². The maximum absolute atomic E-state index is 13.5. The molecule has 0 spiro atoms. The van der Waals surface area contributed by atoms with Crippen molar-refractivity contribution in [3.05, 3.63) is 52.8 Å². The monoisotopic (exact) mass is 269 g/mol. The quantitative estimate of drug-likeness (QED) is 0.718. The summed E-state index contributed by atoms with van der Waals surface area (Å²) in [5.74, 6) is -0.941. The van der Waals surface area contributed by atoms with Gasteiger partial charge in [-0.3, -0.25) is 0 Å². The van der Waals surface area contributed by atoms with Crippen molar-refractivity contribution >= 4 is 15.9 Å². The summed E-state index contributed by atoms with van der Waals surface area (Å²) in [6, 6.07) is 7.37. The molecule has 2 aromatic rings. The molecule has 0 radical (unpaired) electrons. The molecule has 1 heterocycles. The van der Waals surface area contributed by atoms with Gasteiger partial charge in [-0.05, 0) is 24.3 Å². The van der Waals surface area contributed by atoms with Gasteiger partial charge in [0, 0.05) is 21.8 Å². The van der Waals surface area contributed by atoms with Crippen LogP contribution in [0.5, 0.6) is 0 Å². The van der Waals surface area contributed by atoms with E-state index in [1.54, 1.807) is 12.1 Å². The zero-order valence-corrected chi connectivity index (χ0v) is 9.13. The molecule has 1 nitrogen and oxygen atoms in total. The number of halogens is 3. The fourth-order valence-corrected chi connectivity index (χ4v) is 1.87. The molecule has 0 atom stereocenters. The van der Waals surface area contributed by atoms with Crippen molar-refractivity contribution in [1.82, 2.24) is 4.98 Å². The Balaban J connectivity index is 2.58. The second-order valence-electron chi connectivity index (χ2n) is 2.97. The number of benzene rings is 1. The molecule has 0 bridgehead atoms. The number of nitrogens with zero attached hydrogens (tertiary/aromatic N) is 1. The fraction of sp³-hybridized carbons (Fsp3) is 0. The average Bonchev–Trinajstić information content (AvgIpc) is 2.20. The predicted molar refractivity (Wildman–Crippen MR) is 57.3 cm³/mol. The van der Waals surface area contributed by atoms with E-state index in [2.05, 4.69) is 20.9 Å². The van der Waals surface area contributed by atoms with Crippen molar-refractivity contribution < 1.29 is 8.78 Å². The van der Waals surface area contributed by atoms with Crippen molar-refractivity contribution in [2.75, 3.05) is 0 Å². The first-order valence-corrected chi connectivity index (χ1v) is 5.04. The van der Waals surface area contributed by atoms with Gasteiger partial charge in [0.2, 0.25) is 5.95 Å². The third-order valence-corrected chi connectivity index (χ3v) is 2.64. The number of hydrogen-bond acceptors (Lipinski definition) is 1. The average molecular weight is 270 g/mol. The standard InChI is InChI=1S/C11H6BrF2N/c12-8-2-1-3-9(13)11(8)7-4-5-10(14)15-6-7/h1-6H. The van der Waals surface area contributed by atoms with E-state index in [-0.39, 0.29) is 5.82 Å². The first-order valence-electron chi connectivity index (χ1n) is 4.24. The molecule has 0 saturated heterocycles. The van der Waals surface area contributed by atoms with Gasteiger partial charge in [-0.1, -0.05) is 22.0 Å². The molecule has 4 heteroatoms. The topological polar surface area (TPSA) is 12.9 Å². The minimum absolute atomic E-state index is 0.363. The van der Waals surface area contributed by atoms with Crippen molar-refractivity contribution in [1.29, 1.82) is 0 Å². The minimum atomic E-state index is -0.578. The van der Waals surface area contributed by atoms with E-state index in [1.165, 1.54) is 24.4 Å². The largest absolute Gasteiger partial charge is 0.228 e. The third-order valence-electron chi connectivity index (χ3n) is 1.98. The lowest BCUT2D eigenvalue weighted by molar-refractivity contribution is 0.583. The van der Waals surface area contributed by atoms with E-state index in [0.29, 0.717) is 15.6 Å². The van der Waals surface area contributed by atoms with Crippen LogP contribution in [0.4, 0.5) is 8.78 Å². The first-order chi connectivity index (χ1) is 7.18. The summed E-state index contributed by atoms with van der Waals surface area (Å²) in [7, 11) is 0. The van der Waals surface area contributed by atoms with Gasteiger partial charge in [0.1, 0.15) is 5.82 Å². The molecule has 0 aliphatic rings. The van der Waals surface area contributed by atoms with Crippen LogP contribution in [-0.4, -0.2) is 4.98 Å². The zero-order chi connectivity index (χ0) is 10.8. The minimum Gasteiger partial charge on any atom is -0.228 e. The highest BCUT2D eigenvalue weighted by atomic mass is 79.9. The van der Waals surface area contributed by atoms with Crippen LogP contribution < -0.4 is 0 Å². The number of hydrogen-bond donors (Lipinski definition) is 0. The predicted octanol–water partition coefficient (Wildman–Crippen LogP) is 3.79. The van der Waals surface area contributed by atoms with Crippen LogP contribution in [0.1, 0.15) is 0 Å². The molecular formula is C11H6BrF2N. The molecule has 0 N–H and O–H groups in total. The molecule has 1 aromatic heterocycles. The van der Waals surface area contributed by atoms with E-state index in [0.717, 1.165) is 0 Å². The van der Waals surface area contributed by atoms with Gasteiger partial charge < -0.3 is 0 Å². The van der Waals surface area contributed by atoms with E-state index < -0.39 is 5.95 Å². The fourth-order valence-electron chi connectivity index (χ4n) is 1.30. The lowest BCUT2D eigenvalue weighted by Crippen LogP contribution is -1.88. The third kappa shape index (κ3) is 2.04. The van der Waals surface area contributed by atoms with Gasteiger partial charge >= 0.3 is 0 Å². The van der Waals surface area contributed by atoms with Gasteiger partial charge in [0.15, 0.2) is 0 Å². The van der Waals surface area contributed by atoms with Gasteiger partial charge in [-0.15, -0.1) is 0 Å². The molecule has 15 heavy (non-hydrogen) atoms. The van der Waals surface area contributed by atoms with Crippen LogP contribution >= 0.6 is 15.9 Å². The van der Waals surface area contributed by atoms with E-state index in [4.69, 9.17) is 0 Å². The summed E-state index contributed by atoms with van der Waals surface area (Å²) in [6.45, 7) is 0. The number of rotatable bonds is 1. The van der Waals surface area contributed by atoms with Crippen LogP contribution in [0, 0.1) is 11.8 Å². The molecule has 0 fully saturated rings. The van der Waals surface area contributed by atoms with E-state index in [1.807, 2.05) is 0 Å². The summed E-state index contributed by atoms with van der Waals surface area (Å²) < 4.78 is 26.7. The van der Waals surface area contributed by atoms with Crippen LogP contribution in [0.3, 0.4) is 0 Å². The van der Waals surface area contributed by atoms with E-state index >= 15 is 0 Å². The smallest absolute Gasteiger partial charge is 0.212 e. The Labute approximate surface area is 93.9 Å². The van der Waals surface area contributed by atoms with Crippen molar-refractivity contribution in [2.45, 2.75) is 0 Å². The van der Waals surface area contributed by atoms with Gasteiger partial charge in [0.25, 0.3) is 0 Å². The highest BCUT2D eigenvalue weighted by Gasteiger charge is 2.09. The normalized spacial score (nSPS) is 10.3. The molecule has 1 aromatic carbocycles. The molecule has 0 unspecified atom stereocenters. The molecule has 0 aliphatic carbocycles.